The van der Waals surface area contributed by atoms with Crippen molar-refractivity contribution in [3.05, 3.63) is 71.4 Å². The molecular weight excluding hydrogens is 352 g/mol. The first-order valence-corrected chi connectivity index (χ1v) is 9.84. The molecule has 28 heavy (non-hydrogen) atoms. The lowest BCUT2D eigenvalue weighted by atomic mass is 9.94. The summed E-state index contributed by atoms with van der Waals surface area (Å²) in [5.74, 6) is 0.437. The molecule has 2 aromatic carbocycles. The van der Waals surface area contributed by atoms with Gasteiger partial charge in [-0.15, -0.1) is 0 Å². The van der Waals surface area contributed by atoms with Gasteiger partial charge in [-0.3, -0.25) is 9.69 Å². The predicted molar refractivity (Wildman–Crippen MR) is 107 cm³/mol. The molecule has 0 atom stereocenters. The fraction of sp³-hybridized carbons (Fsp3) is 0.304. The van der Waals surface area contributed by atoms with Crippen molar-refractivity contribution in [3.63, 3.8) is 0 Å². The molecule has 1 N–H and O–H groups in total. The Morgan fingerprint density at radius 1 is 0.964 bits per heavy atom. The van der Waals surface area contributed by atoms with Crippen molar-refractivity contribution in [2.45, 2.75) is 44.8 Å². The minimum absolute atomic E-state index is 0.0109. The Labute approximate surface area is 165 Å². The Bertz CT molecular complexity index is 886. The molecule has 1 saturated heterocycles. The average molecular weight is 376 g/mol. The van der Waals surface area contributed by atoms with E-state index in [4.69, 9.17) is 4.74 Å². The molecule has 0 bridgehead atoms. The first-order chi connectivity index (χ1) is 13.7. The maximum atomic E-state index is 12.8. The monoisotopic (exact) mass is 376 g/mol. The number of carbonyl (C=O) groups is 2. The second-order valence-corrected chi connectivity index (χ2v) is 7.27. The average Bonchev–Trinajstić information content (AvgIpc) is 3.02. The molecule has 2 aliphatic rings. The third-order valence-electron chi connectivity index (χ3n) is 5.31. The van der Waals surface area contributed by atoms with Crippen molar-refractivity contribution >= 4 is 18.0 Å². The SMILES string of the molecule is O=C1N/C(=C\c2ccccc2OCc2ccccc2)C(=O)N1C1CCCCC1. The smallest absolute Gasteiger partial charge is 0.329 e. The molecule has 0 spiro atoms. The number of hydrogen-bond donors (Lipinski definition) is 1. The molecule has 4 rings (SSSR count). The number of benzene rings is 2. The molecule has 1 aliphatic carbocycles. The number of urea groups is 1. The van der Waals surface area contributed by atoms with Crippen molar-refractivity contribution in [1.29, 1.82) is 0 Å². The van der Waals surface area contributed by atoms with Gasteiger partial charge in [0.15, 0.2) is 0 Å². The normalized spacial score (nSPS) is 19.1. The van der Waals surface area contributed by atoms with Crippen LogP contribution in [-0.2, 0) is 11.4 Å². The van der Waals surface area contributed by atoms with E-state index in [0.717, 1.165) is 36.8 Å². The number of para-hydroxylation sites is 1. The number of rotatable bonds is 5. The summed E-state index contributed by atoms with van der Waals surface area (Å²) in [7, 11) is 0. The summed E-state index contributed by atoms with van der Waals surface area (Å²) in [4.78, 5) is 26.6. The zero-order chi connectivity index (χ0) is 19.3. The van der Waals surface area contributed by atoms with Crippen LogP contribution in [0.5, 0.6) is 5.75 Å². The molecule has 1 aliphatic heterocycles. The van der Waals surface area contributed by atoms with Crippen LogP contribution in [0.1, 0.15) is 43.2 Å². The number of amides is 3. The van der Waals surface area contributed by atoms with Crippen LogP contribution in [0.3, 0.4) is 0 Å². The van der Waals surface area contributed by atoms with Crippen LogP contribution < -0.4 is 10.1 Å². The molecule has 0 unspecified atom stereocenters. The summed E-state index contributed by atoms with van der Waals surface area (Å²) in [6.07, 6.45) is 6.80. The second kappa shape index (κ2) is 8.30. The first kappa shape index (κ1) is 18.3. The molecule has 5 heteroatoms. The summed E-state index contributed by atoms with van der Waals surface area (Å²) in [6.45, 7) is 0.440. The van der Waals surface area contributed by atoms with Crippen LogP contribution in [0.25, 0.3) is 6.08 Å². The molecule has 0 radical (unpaired) electrons. The lowest BCUT2D eigenvalue weighted by Crippen LogP contribution is -2.41. The van der Waals surface area contributed by atoms with Crippen molar-refractivity contribution < 1.29 is 14.3 Å². The van der Waals surface area contributed by atoms with Crippen LogP contribution >= 0.6 is 0 Å². The fourth-order valence-electron chi connectivity index (χ4n) is 3.84. The first-order valence-electron chi connectivity index (χ1n) is 9.84. The summed E-state index contributed by atoms with van der Waals surface area (Å²) in [5, 5.41) is 2.74. The Morgan fingerprint density at radius 2 is 1.68 bits per heavy atom. The van der Waals surface area contributed by atoms with Crippen LogP contribution in [0, 0.1) is 0 Å². The van der Waals surface area contributed by atoms with Gasteiger partial charge in [0.05, 0.1) is 0 Å². The predicted octanol–water partition coefficient (Wildman–Crippen LogP) is 4.49. The largest absolute Gasteiger partial charge is 0.488 e. The molecule has 2 aromatic rings. The lowest BCUT2D eigenvalue weighted by molar-refractivity contribution is -0.124. The maximum absolute atomic E-state index is 12.8. The van der Waals surface area contributed by atoms with Crippen molar-refractivity contribution in [1.82, 2.24) is 10.2 Å². The molecule has 144 valence electrons. The van der Waals surface area contributed by atoms with Crippen molar-refractivity contribution in [2.75, 3.05) is 0 Å². The van der Waals surface area contributed by atoms with Crippen LogP contribution in [0.15, 0.2) is 60.3 Å². The zero-order valence-corrected chi connectivity index (χ0v) is 15.8. The highest BCUT2D eigenvalue weighted by Gasteiger charge is 2.39. The number of imide groups is 1. The van der Waals surface area contributed by atoms with E-state index in [1.807, 2.05) is 54.6 Å². The maximum Gasteiger partial charge on any atom is 0.329 e. The summed E-state index contributed by atoms with van der Waals surface area (Å²) < 4.78 is 5.96. The van der Waals surface area contributed by atoms with E-state index >= 15 is 0 Å². The molecule has 3 amide bonds. The second-order valence-electron chi connectivity index (χ2n) is 7.27. The molecule has 1 saturated carbocycles. The molecule has 1 heterocycles. The third-order valence-corrected chi connectivity index (χ3v) is 5.31. The number of carbonyl (C=O) groups excluding carboxylic acids is 2. The van der Waals surface area contributed by atoms with Gasteiger partial charge in [-0.2, -0.15) is 0 Å². The third kappa shape index (κ3) is 3.93. The van der Waals surface area contributed by atoms with E-state index < -0.39 is 0 Å². The van der Waals surface area contributed by atoms with Crippen molar-refractivity contribution in [2.24, 2.45) is 0 Å². The van der Waals surface area contributed by atoms with Gasteiger partial charge in [0, 0.05) is 11.6 Å². The fourth-order valence-corrected chi connectivity index (χ4v) is 3.84. The summed E-state index contributed by atoms with van der Waals surface area (Å²) in [6, 6.07) is 17.2. The van der Waals surface area contributed by atoms with E-state index in [9.17, 15) is 9.59 Å². The van der Waals surface area contributed by atoms with Crippen LogP contribution in [0.4, 0.5) is 4.79 Å². The Balaban J connectivity index is 1.52. The van der Waals surface area contributed by atoms with Gasteiger partial charge in [0.1, 0.15) is 18.1 Å². The topological polar surface area (TPSA) is 58.6 Å². The summed E-state index contributed by atoms with van der Waals surface area (Å²) in [5.41, 5.74) is 2.15. The Morgan fingerprint density at radius 3 is 2.46 bits per heavy atom. The van der Waals surface area contributed by atoms with E-state index in [1.54, 1.807) is 6.08 Å². The van der Waals surface area contributed by atoms with Gasteiger partial charge in [-0.1, -0.05) is 67.8 Å². The number of ether oxygens (including phenoxy) is 1. The molecule has 2 fully saturated rings. The molecule has 5 nitrogen and oxygen atoms in total. The lowest BCUT2D eigenvalue weighted by Gasteiger charge is -2.28. The standard InChI is InChI=1S/C23H24N2O3/c26-22-20(24-23(27)25(22)19-12-5-2-6-13-19)15-18-11-7-8-14-21(18)28-16-17-9-3-1-4-10-17/h1,3-4,7-11,14-15,19H,2,5-6,12-13,16H2,(H,24,27)/b20-15-. The molecule has 0 aromatic heterocycles. The molecular formula is C23H24N2O3. The Kier molecular flexibility index (Phi) is 5.42. The minimum Gasteiger partial charge on any atom is -0.488 e. The van der Waals surface area contributed by atoms with Gasteiger partial charge in [0.25, 0.3) is 5.91 Å². The van der Waals surface area contributed by atoms with E-state index in [0.29, 0.717) is 18.1 Å². The van der Waals surface area contributed by atoms with Crippen LogP contribution in [-0.4, -0.2) is 22.9 Å². The highest BCUT2D eigenvalue weighted by molar-refractivity contribution is 6.14. The van der Waals surface area contributed by atoms with Gasteiger partial charge in [-0.25, -0.2) is 4.79 Å². The van der Waals surface area contributed by atoms with Gasteiger partial charge < -0.3 is 10.1 Å². The Hall–Kier alpha value is -3.08. The highest BCUT2D eigenvalue weighted by Crippen LogP contribution is 2.28. The van der Waals surface area contributed by atoms with Gasteiger partial charge in [-0.05, 0) is 30.5 Å². The van der Waals surface area contributed by atoms with Gasteiger partial charge >= 0.3 is 6.03 Å². The number of hydrogen-bond acceptors (Lipinski definition) is 3. The van der Waals surface area contributed by atoms with Crippen molar-refractivity contribution in [3.8, 4) is 5.75 Å². The minimum atomic E-state index is -0.314. The van der Waals surface area contributed by atoms with E-state index in [1.165, 1.54) is 11.3 Å². The highest BCUT2D eigenvalue weighted by atomic mass is 16.5. The van der Waals surface area contributed by atoms with E-state index in [2.05, 4.69) is 5.32 Å². The number of nitrogens with one attached hydrogen (secondary N) is 1. The quantitative estimate of drug-likeness (QED) is 0.618. The van der Waals surface area contributed by atoms with E-state index in [-0.39, 0.29) is 18.0 Å². The summed E-state index contributed by atoms with van der Waals surface area (Å²) >= 11 is 0. The zero-order valence-electron chi connectivity index (χ0n) is 15.8. The van der Waals surface area contributed by atoms with Crippen LogP contribution in [0.2, 0.25) is 0 Å². The van der Waals surface area contributed by atoms with Gasteiger partial charge in [0.2, 0.25) is 0 Å². The number of nitrogens with zero attached hydrogens (tertiary/aromatic N) is 1.